The second kappa shape index (κ2) is 5.81. The van der Waals surface area contributed by atoms with Crippen LogP contribution in [0.25, 0.3) is 0 Å². The minimum absolute atomic E-state index is 0.473. The van der Waals surface area contributed by atoms with E-state index in [9.17, 15) is 0 Å². The van der Waals surface area contributed by atoms with Gasteiger partial charge in [-0.3, -0.25) is 4.90 Å². The van der Waals surface area contributed by atoms with E-state index in [1.54, 1.807) is 0 Å². The minimum atomic E-state index is 0.473. The third-order valence-electron chi connectivity index (χ3n) is 3.98. The first-order valence-corrected chi connectivity index (χ1v) is 7.13. The fourth-order valence-electron chi connectivity index (χ4n) is 2.77. The molecule has 1 saturated heterocycles. The maximum absolute atomic E-state index is 5.61. The summed E-state index contributed by atoms with van der Waals surface area (Å²) in [5.74, 6) is 0. The summed E-state index contributed by atoms with van der Waals surface area (Å²) in [6.07, 6.45) is 3.99. The lowest BCUT2D eigenvalue weighted by atomic mass is 9.96. The fourth-order valence-corrected chi connectivity index (χ4v) is 2.91. The topological polar surface area (TPSA) is 29.3 Å². The third kappa shape index (κ3) is 3.09. The van der Waals surface area contributed by atoms with Gasteiger partial charge in [0.1, 0.15) is 4.99 Å². The summed E-state index contributed by atoms with van der Waals surface area (Å²) in [6.45, 7) is 5.69. The van der Waals surface area contributed by atoms with Crippen LogP contribution in [0.5, 0.6) is 0 Å². The Labute approximate surface area is 115 Å². The highest BCUT2D eigenvalue weighted by molar-refractivity contribution is 7.80. The van der Waals surface area contributed by atoms with Crippen LogP contribution in [0.1, 0.15) is 44.2 Å². The Morgan fingerprint density at radius 3 is 2.28 bits per heavy atom. The molecule has 1 heterocycles. The van der Waals surface area contributed by atoms with Crippen molar-refractivity contribution in [1.29, 1.82) is 0 Å². The number of hydrogen-bond acceptors (Lipinski definition) is 2. The molecule has 0 spiro atoms. The van der Waals surface area contributed by atoms with Crippen molar-refractivity contribution in [1.82, 2.24) is 4.90 Å². The molecule has 18 heavy (non-hydrogen) atoms. The van der Waals surface area contributed by atoms with Crippen LogP contribution >= 0.6 is 12.2 Å². The molecule has 1 aliphatic heterocycles. The first-order chi connectivity index (χ1) is 8.58. The molecule has 0 aromatic heterocycles. The molecule has 0 aliphatic carbocycles. The highest BCUT2D eigenvalue weighted by Gasteiger charge is 2.24. The van der Waals surface area contributed by atoms with Crippen LogP contribution < -0.4 is 5.73 Å². The van der Waals surface area contributed by atoms with Crippen molar-refractivity contribution in [3.05, 3.63) is 35.4 Å². The Morgan fingerprint density at radius 1 is 1.22 bits per heavy atom. The molecular formula is C15H22N2S. The Morgan fingerprint density at radius 2 is 1.78 bits per heavy atom. The number of piperidine rings is 1. The maximum Gasteiger partial charge on any atom is 0.103 e. The van der Waals surface area contributed by atoms with Crippen LogP contribution in [0.2, 0.25) is 0 Å². The first kappa shape index (κ1) is 13.5. The average Bonchev–Trinajstić information content (AvgIpc) is 2.34. The van der Waals surface area contributed by atoms with E-state index in [-0.39, 0.29) is 0 Å². The van der Waals surface area contributed by atoms with Crippen LogP contribution in [-0.4, -0.2) is 22.0 Å². The molecule has 1 fully saturated rings. The number of nitrogens with two attached hydrogens (primary N) is 1. The standard InChI is InChI=1S/C15H22N2S/c1-11-4-3-5-12(2)17(11)10-13-6-8-14(9-7-13)15(16)18/h6-9,11-12H,3-5,10H2,1-2H3,(H2,16,18). The van der Waals surface area contributed by atoms with E-state index in [0.29, 0.717) is 17.1 Å². The molecular weight excluding hydrogens is 240 g/mol. The van der Waals surface area contributed by atoms with Gasteiger partial charge in [0.05, 0.1) is 0 Å². The largest absolute Gasteiger partial charge is 0.389 e. The van der Waals surface area contributed by atoms with Crippen molar-refractivity contribution in [2.75, 3.05) is 0 Å². The molecule has 0 saturated carbocycles. The molecule has 98 valence electrons. The van der Waals surface area contributed by atoms with Crippen LogP contribution in [-0.2, 0) is 6.54 Å². The summed E-state index contributed by atoms with van der Waals surface area (Å²) < 4.78 is 0. The number of thiocarbonyl (C=S) groups is 1. The van der Waals surface area contributed by atoms with Gasteiger partial charge in [0.25, 0.3) is 0 Å². The van der Waals surface area contributed by atoms with Gasteiger partial charge < -0.3 is 5.73 Å². The van der Waals surface area contributed by atoms with E-state index >= 15 is 0 Å². The molecule has 2 rings (SSSR count). The Balaban J connectivity index is 2.06. The zero-order valence-electron chi connectivity index (χ0n) is 11.2. The molecule has 3 heteroatoms. The van der Waals surface area contributed by atoms with Gasteiger partial charge in [0.15, 0.2) is 0 Å². The van der Waals surface area contributed by atoms with E-state index < -0.39 is 0 Å². The predicted molar refractivity (Wildman–Crippen MR) is 80.6 cm³/mol. The highest BCUT2D eigenvalue weighted by Crippen LogP contribution is 2.24. The van der Waals surface area contributed by atoms with Gasteiger partial charge in [-0.2, -0.15) is 0 Å². The maximum atomic E-state index is 5.61. The number of benzene rings is 1. The molecule has 2 N–H and O–H groups in total. The van der Waals surface area contributed by atoms with Crippen LogP contribution in [0.15, 0.2) is 24.3 Å². The molecule has 1 aromatic rings. The van der Waals surface area contributed by atoms with Crippen molar-refractivity contribution in [2.24, 2.45) is 5.73 Å². The Kier molecular flexibility index (Phi) is 4.36. The quantitative estimate of drug-likeness (QED) is 0.849. The molecule has 2 atom stereocenters. The van der Waals surface area contributed by atoms with Crippen molar-refractivity contribution in [3.8, 4) is 0 Å². The van der Waals surface area contributed by atoms with Crippen molar-refractivity contribution >= 4 is 17.2 Å². The fraction of sp³-hybridized carbons (Fsp3) is 0.533. The summed E-state index contributed by atoms with van der Waals surface area (Å²) in [5, 5.41) is 0. The predicted octanol–water partition coefficient (Wildman–Crippen LogP) is 3.08. The van der Waals surface area contributed by atoms with Gasteiger partial charge >= 0.3 is 0 Å². The normalized spacial score (nSPS) is 25.0. The second-order valence-electron chi connectivity index (χ2n) is 5.36. The molecule has 1 aromatic carbocycles. The number of rotatable bonds is 3. The summed E-state index contributed by atoms with van der Waals surface area (Å²) >= 11 is 4.97. The van der Waals surface area contributed by atoms with E-state index in [0.717, 1.165) is 12.1 Å². The van der Waals surface area contributed by atoms with E-state index in [1.807, 2.05) is 12.1 Å². The van der Waals surface area contributed by atoms with Gasteiger partial charge in [-0.05, 0) is 32.3 Å². The van der Waals surface area contributed by atoms with E-state index in [1.165, 1.54) is 24.8 Å². The number of nitrogens with zero attached hydrogens (tertiary/aromatic N) is 1. The summed E-state index contributed by atoms with van der Waals surface area (Å²) in [6, 6.07) is 9.70. The summed E-state index contributed by atoms with van der Waals surface area (Å²) in [4.78, 5) is 3.07. The number of hydrogen-bond donors (Lipinski definition) is 1. The zero-order valence-corrected chi connectivity index (χ0v) is 12.0. The van der Waals surface area contributed by atoms with Crippen molar-refractivity contribution in [3.63, 3.8) is 0 Å². The lowest BCUT2D eigenvalue weighted by Crippen LogP contribution is -2.42. The van der Waals surface area contributed by atoms with Crippen LogP contribution in [0.3, 0.4) is 0 Å². The van der Waals surface area contributed by atoms with Gasteiger partial charge in [-0.1, -0.05) is 42.9 Å². The lowest BCUT2D eigenvalue weighted by Gasteiger charge is -2.39. The third-order valence-corrected chi connectivity index (χ3v) is 4.22. The van der Waals surface area contributed by atoms with Crippen molar-refractivity contribution < 1.29 is 0 Å². The van der Waals surface area contributed by atoms with Crippen LogP contribution in [0.4, 0.5) is 0 Å². The van der Waals surface area contributed by atoms with Crippen molar-refractivity contribution in [2.45, 2.75) is 51.7 Å². The molecule has 0 radical (unpaired) electrons. The van der Waals surface area contributed by atoms with E-state index in [4.69, 9.17) is 18.0 Å². The SMILES string of the molecule is CC1CCCC(C)N1Cc1ccc(C(N)=S)cc1. The Hall–Kier alpha value is -0.930. The van der Waals surface area contributed by atoms with Gasteiger partial charge in [-0.25, -0.2) is 0 Å². The van der Waals surface area contributed by atoms with Crippen LogP contribution in [0, 0.1) is 0 Å². The lowest BCUT2D eigenvalue weighted by molar-refractivity contribution is 0.0953. The summed E-state index contributed by atoms with van der Waals surface area (Å²) in [7, 11) is 0. The Bertz CT molecular complexity index is 403. The molecule has 0 amide bonds. The summed E-state index contributed by atoms with van der Waals surface area (Å²) in [5.41, 5.74) is 7.91. The van der Waals surface area contributed by atoms with E-state index in [2.05, 4.69) is 30.9 Å². The molecule has 0 bridgehead atoms. The zero-order chi connectivity index (χ0) is 13.1. The molecule has 2 nitrogen and oxygen atoms in total. The monoisotopic (exact) mass is 262 g/mol. The first-order valence-electron chi connectivity index (χ1n) is 6.72. The second-order valence-corrected chi connectivity index (χ2v) is 5.80. The minimum Gasteiger partial charge on any atom is -0.389 e. The molecule has 1 aliphatic rings. The smallest absolute Gasteiger partial charge is 0.103 e. The van der Waals surface area contributed by atoms with Gasteiger partial charge in [0.2, 0.25) is 0 Å². The van der Waals surface area contributed by atoms with Gasteiger partial charge in [-0.15, -0.1) is 0 Å². The number of likely N-dealkylation sites (tertiary alicyclic amines) is 1. The van der Waals surface area contributed by atoms with Gasteiger partial charge in [0, 0.05) is 24.2 Å². The molecule has 2 unspecified atom stereocenters. The highest BCUT2D eigenvalue weighted by atomic mass is 32.1. The average molecular weight is 262 g/mol.